The Morgan fingerprint density at radius 3 is 1.90 bits per heavy atom. The summed E-state index contributed by atoms with van der Waals surface area (Å²) in [6.45, 7) is 20.7. The van der Waals surface area contributed by atoms with E-state index in [1.807, 2.05) is 85.7 Å². The lowest BCUT2D eigenvalue weighted by molar-refractivity contribution is -0.147. The van der Waals surface area contributed by atoms with E-state index in [1.54, 1.807) is 31.7 Å². The summed E-state index contributed by atoms with van der Waals surface area (Å²) in [5, 5.41) is 6.22. The average Bonchev–Trinajstić information content (AvgIpc) is 2.77. The third-order valence-corrected chi connectivity index (χ3v) is 6.76. The number of aryl methyl sites for hydroxylation is 3. The smallest absolute Gasteiger partial charge is 0.408 e. The number of hydrogen-bond donors (Lipinski definition) is 2. The fourth-order valence-corrected chi connectivity index (χ4v) is 5.04. The molecule has 2 aromatic carbocycles. The van der Waals surface area contributed by atoms with Gasteiger partial charge in [0.05, 0.1) is 10.7 Å². The van der Waals surface area contributed by atoms with E-state index in [9.17, 15) is 14.4 Å². The largest absolute Gasteiger partial charge is 0.444 e. The van der Waals surface area contributed by atoms with Crippen molar-refractivity contribution in [3.8, 4) is 0 Å². The number of benzene rings is 2. The van der Waals surface area contributed by atoms with E-state index in [1.165, 1.54) is 0 Å². The van der Waals surface area contributed by atoms with Crippen LogP contribution in [0.5, 0.6) is 0 Å². The summed E-state index contributed by atoms with van der Waals surface area (Å²) in [5.41, 5.74) is 2.25. The summed E-state index contributed by atoms with van der Waals surface area (Å²) in [5.74, 6) is -0.674. The number of carbonyl (C=O) groups excluding carboxylic acids is 3. The highest BCUT2D eigenvalue weighted by atomic mass is 35.5. The van der Waals surface area contributed by atoms with E-state index in [0.29, 0.717) is 17.1 Å². The number of alkyl carbamates (subject to hydrolysis) is 1. The number of carbonyl (C=O) groups is 3. The van der Waals surface area contributed by atoms with Gasteiger partial charge in [0, 0.05) is 5.54 Å². The van der Waals surface area contributed by atoms with Gasteiger partial charge in [-0.1, -0.05) is 55.8 Å². The molecule has 0 aliphatic rings. The second-order valence-electron chi connectivity index (χ2n) is 12.8. The molecule has 2 unspecified atom stereocenters. The molecule has 3 amide bonds. The van der Waals surface area contributed by atoms with Crippen LogP contribution in [0.3, 0.4) is 0 Å². The van der Waals surface area contributed by atoms with E-state index in [4.69, 9.17) is 16.3 Å². The highest BCUT2D eigenvalue weighted by Crippen LogP contribution is 2.36. The molecule has 0 aliphatic heterocycles. The molecule has 0 aliphatic carbocycles. The average molecular weight is 572 g/mol. The zero-order valence-corrected chi connectivity index (χ0v) is 26.6. The van der Waals surface area contributed by atoms with Crippen LogP contribution in [0.1, 0.15) is 90.1 Å². The standard InChI is InChI=1S/C32H46ClN3O4/c1-19(2)18-24(34-30(39)40-32(9,10)11)29(38)36(31(6,7)8)27(25-20(3)14-12-15-21(25)4)28(37)35-26-22(5)16-13-17-23(26)33/h12-17,19,24,27H,18H2,1-11H3,(H,34,39)(H,35,37). The maximum atomic E-state index is 14.5. The Bertz CT molecular complexity index is 1190. The fraction of sp³-hybridized carbons (Fsp3) is 0.531. The Morgan fingerprint density at radius 1 is 0.900 bits per heavy atom. The number of para-hydroxylation sites is 1. The predicted molar refractivity (Wildman–Crippen MR) is 163 cm³/mol. The molecule has 2 N–H and O–H groups in total. The fourth-order valence-electron chi connectivity index (χ4n) is 4.77. The van der Waals surface area contributed by atoms with E-state index >= 15 is 0 Å². The number of hydrogen-bond acceptors (Lipinski definition) is 4. The second kappa shape index (κ2) is 13.1. The van der Waals surface area contributed by atoms with Crippen LogP contribution in [0.25, 0.3) is 0 Å². The molecular weight excluding hydrogens is 526 g/mol. The number of anilines is 1. The first kappa shape index (κ1) is 33.1. The zero-order valence-electron chi connectivity index (χ0n) is 25.9. The number of rotatable bonds is 8. The summed E-state index contributed by atoms with van der Waals surface area (Å²) >= 11 is 6.48. The monoisotopic (exact) mass is 571 g/mol. The zero-order chi connectivity index (χ0) is 30.6. The Morgan fingerprint density at radius 2 is 1.43 bits per heavy atom. The Hall–Kier alpha value is -3.06. The topological polar surface area (TPSA) is 87.7 Å². The van der Waals surface area contributed by atoms with Crippen molar-refractivity contribution in [1.29, 1.82) is 0 Å². The summed E-state index contributed by atoms with van der Waals surface area (Å²) in [6, 6.07) is 9.28. The molecule has 0 fully saturated rings. The first-order valence-corrected chi connectivity index (χ1v) is 14.2. The van der Waals surface area contributed by atoms with Gasteiger partial charge in [-0.05, 0) is 103 Å². The normalized spacial score (nSPS) is 13.4. The quantitative estimate of drug-likeness (QED) is 0.343. The van der Waals surface area contributed by atoms with Gasteiger partial charge >= 0.3 is 6.09 Å². The van der Waals surface area contributed by atoms with Crippen molar-refractivity contribution in [2.45, 2.75) is 106 Å². The van der Waals surface area contributed by atoms with Crippen molar-refractivity contribution in [1.82, 2.24) is 10.2 Å². The summed E-state index contributed by atoms with van der Waals surface area (Å²) in [7, 11) is 0. The summed E-state index contributed by atoms with van der Waals surface area (Å²) in [6.07, 6.45) is -0.310. The van der Waals surface area contributed by atoms with Crippen LogP contribution in [-0.2, 0) is 14.3 Å². The molecule has 2 atom stereocenters. The predicted octanol–water partition coefficient (Wildman–Crippen LogP) is 7.51. The van der Waals surface area contributed by atoms with Crippen LogP contribution in [0.4, 0.5) is 10.5 Å². The highest BCUT2D eigenvalue weighted by Gasteiger charge is 2.43. The molecule has 220 valence electrons. The number of amides is 3. The highest BCUT2D eigenvalue weighted by molar-refractivity contribution is 6.34. The molecule has 0 heterocycles. The molecule has 0 saturated heterocycles. The number of nitrogens with one attached hydrogen (secondary N) is 2. The van der Waals surface area contributed by atoms with Gasteiger partial charge in [-0.25, -0.2) is 4.79 Å². The number of ether oxygens (including phenoxy) is 1. The lowest BCUT2D eigenvalue weighted by atomic mass is 9.89. The van der Waals surface area contributed by atoms with Crippen LogP contribution in [-0.4, -0.2) is 40.0 Å². The number of halogens is 1. The molecule has 0 bridgehead atoms. The Balaban J connectivity index is 2.71. The molecule has 0 radical (unpaired) electrons. The second-order valence-corrected chi connectivity index (χ2v) is 13.2. The van der Waals surface area contributed by atoms with Crippen LogP contribution in [0, 0.1) is 26.7 Å². The van der Waals surface area contributed by atoms with Gasteiger partial charge in [-0.15, -0.1) is 0 Å². The number of nitrogens with zero attached hydrogens (tertiary/aromatic N) is 1. The third kappa shape index (κ3) is 8.72. The van der Waals surface area contributed by atoms with Gasteiger partial charge in [-0.2, -0.15) is 0 Å². The SMILES string of the molecule is Cc1cccc(Cl)c1NC(=O)C(c1c(C)cccc1C)N(C(=O)C(CC(C)C)NC(=O)OC(C)(C)C)C(C)(C)C. The Labute approximate surface area is 245 Å². The summed E-state index contributed by atoms with van der Waals surface area (Å²) in [4.78, 5) is 43.2. The van der Waals surface area contributed by atoms with Gasteiger partial charge in [0.15, 0.2) is 0 Å². The van der Waals surface area contributed by atoms with E-state index in [-0.39, 0.29) is 11.8 Å². The maximum Gasteiger partial charge on any atom is 0.408 e. The molecule has 0 spiro atoms. The first-order valence-electron chi connectivity index (χ1n) is 13.8. The van der Waals surface area contributed by atoms with Crippen LogP contribution in [0.15, 0.2) is 36.4 Å². The first-order chi connectivity index (χ1) is 18.3. The van der Waals surface area contributed by atoms with Crippen molar-refractivity contribution in [3.05, 3.63) is 63.7 Å². The molecule has 0 aromatic heterocycles. The molecular formula is C32H46ClN3O4. The van der Waals surface area contributed by atoms with Crippen molar-refractivity contribution < 1.29 is 19.1 Å². The minimum atomic E-state index is -1.00. The molecule has 40 heavy (non-hydrogen) atoms. The van der Waals surface area contributed by atoms with E-state index < -0.39 is 35.2 Å². The van der Waals surface area contributed by atoms with Crippen molar-refractivity contribution in [2.75, 3.05) is 5.32 Å². The van der Waals surface area contributed by atoms with Gasteiger partial charge < -0.3 is 20.3 Å². The van der Waals surface area contributed by atoms with Crippen molar-refractivity contribution in [3.63, 3.8) is 0 Å². The van der Waals surface area contributed by atoms with Crippen LogP contribution in [0.2, 0.25) is 5.02 Å². The van der Waals surface area contributed by atoms with Crippen LogP contribution < -0.4 is 10.6 Å². The lowest BCUT2D eigenvalue weighted by Crippen LogP contribution is -2.58. The minimum absolute atomic E-state index is 0.0870. The maximum absolute atomic E-state index is 14.5. The van der Waals surface area contributed by atoms with Crippen LogP contribution >= 0.6 is 11.6 Å². The van der Waals surface area contributed by atoms with Gasteiger partial charge in [0.1, 0.15) is 17.7 Å². The van der Waals surface area contributed by atoms with E-state index in [2.05, 4.69) is 10.6 Å². The van der Waals surface area contributed by atoms with Crippen molar-refractivity contribution >= 4 is 35.2 Å². The van der Waals surface area contributed by atoms with Gasteiger partial charge in [-0.3, -0.25) is 9.59 Å². The molecule has 2 aromatic rings. The van der Waals surface area contributed by atoms with E-state index in [0.717, 1.165) is 22.3 Å². The lowest BCUT2D eigenvalue weighted by Gasteiger charge is -2.44. The minimum Gasteiger partial charge on any atom is -0.444 e. The molecule has 0 saturated carbocycles. The summed E-state index contributed by atoms with van der Waals surface area (Å²) < 4.78 is 5.49. The Kier molecular flexibility index (Phi) is 10.8. The van der Waals surface area contributed by atoms with Gasteiger partial charge in [0.25, 0.3) is 5.91 Å². The van der Waals surface area contributed by atoms with Crippen molar-refractivity contribution in [2.24, 2.45) is 5.92 Å². The third-order valence-electron chi connectivity index (χ3n) is 6.45. The van der Waals surface area contributed by atoms with Gasteiger partial charge in [0.2, 0.25) is 5.91 Å². The molecule has 2 rings (SSSR count). The molecule has 7 nitrogen and oxygen atoms in total. The molecule has 8 heteroatoms.